The van der Waals surface area contributed by atoms with Gasteiger partial charge in [0.2, 0.25) is 5.91 Å². The van der Waals surface area contributed by atoms with Gasteiger partial charge in [-0.05, 0) is 55.5 Å². The van der Waals surface area contributed by atoms with Gasteiger partial charge in [-0.2, -0.15) is 18.3 Å². The molecule has 0 saturated heterocycles. The normalized spacial score (nSPS) is 12.2. The first-order valence-electron chi connectivity index (χ1n) is 10.0. The van der Waals surface area contributed by atoms with Crippen molar-refractivity contribution >= 4 is 5.91 Å². The SMILES string of the molecule is COc1ccc(-c2ccc(=O)n(C(C)C(=O)NCCOc3cccc(C(F)(F)F)c3)n2)cc1. The molecule has 10 heteroatoms. The van der Waals surface area contributed by atoms with Crippen LogP contribution >= 0.6 is 0 Å². The van der Waals surface area contributed by atoms with Crippen molar-refractivity contribution in [2.24, 2.45) is 0 Å². The van der Waals surface area contributed by atoms with Crippen LogP contribution in [0, 0.1) is 0 Å². The second kappa shape index (κ2) is 10.2. The highest BCUT2D eigenvalue weighted by molar-refractivity contribution is 5.79. The van der Waals surface area contributed by atoms with Gasteiger partial charge in [0, 0.05) is 11.6 Å². The van der Waals surface area contributed by atoms with E-state index in [1.165, 1.54) is 25.1 Å². The van der Waals surface area contributed by atoms with E-state index in [1.54, 1.807) is 37.4 Å². The quantitative estimate of drug-likeness (QED) is 0.518. The van der Waals surface area contributed by atoms with Gasteiger partial charge in [0.15, 0.2) is 0 Å². The second-order valence-corrected chi connectivity index (χ2v) is 7.07. The minimum atomic E-state index is -4.47. The molecule has 0 spiro atoms. The number of alkyl halides is 3. The molecule has 1 aromatic heterocycles. The molecule has 1 N–H and O–H groups in total. The van der Waals surface area contributed by atoms with E-state index in [2.05, 4.69) is 10.4 Å². The number of aromatic nitrogens is 2. The van der Waals surface area contributed by atoms with Gasteiger partial charge in [-0.15, -0.1) is 0 Å². The third-order valence-corrected chi connectivity index (χ3v) is 4.79. The minimum Gasteiger partial charge on any atom is -0.497 e. The van der Waals surface area contributed by atoms with E-state index in [4.69, 9.17) is 9.47 Å². The van der Waals surface area contributed by atoms with Crippen molar-refractivity contribution in [3.05, 3.63) is 76.6 Å². The summed E-state index contributed by atoms with van der Waals surface area (Å²) < 4.78 is 49.8. The van der Waals surface area contributed by atoms with Crippen LogP contribution in [0.5, 0.6) is 11.5 Å². The zero-order chi connectivity index (χ0) is 24.0. The average molecular weight is 461 g/mol. The molecule has 0 aliphatic rings. The van der Waals surface area contributed by atoms with Crippen molar-refractivity contribution in [1.82, 2.24) is 15.1 Å². The molecule has 1 unspecified atom stereocenters. The van der Waals surface area contributed by atoms with Crippen molar-refractivity contribution in [3.8, 4) is 22.8 Å². The maximum atomic E-state index is 12.8. The predicted molar refractivity (Wildman–Crippen MR) is 115 cm³/mol. The number of rotatable bonds is 8. The van der Waals surface area contributed by atoms with Crippen LogP contribution in [0.2, 0.25) is 0 Å². The number of ether oxygens (including phenoxy) is 2. The number of carbonyl (C=O) groups excluding carboxylic acids is 1. The third kappa shape index (κ3) is 6.12. The summed E-state index contributed by atoms with van der Waals surface area (Å²) in [6, 6.07) is 13.5. The zero-order valence-electron chi connectivity index (χ0n) is 17.9. The number of nitrogens with zero attached hydrogens (tertiary/aromatic N) is 2. The highest BCUT2D eigenvalue weighted by Crippen LogP contribution is 2.31. The molecule has 2 aromatic carbocycles. The summed E-state index contributed by atoms with van der Waals surface area (Å²) in [5.74, 6) is 0.230. The molecule has 0 aliphatic carbocycles. The Balaban J connectivity index is 1.60. The van der Waals surface area contributed by atoms with Gasteiger partial charge in [0.1, 0.15) is 24.1 Å². The van der Waals surface area contributed by atoms with Gasteiger partial charge in [-0.1, -0.05) is 6.07 Å². The molecular weight excluding hydrogens is 439 g/mol. The standard InChI is InChI=1S/C23H22F3N3O4/c1-15(22(31)27-12-13-33-19-5-3-4-17(14-19)23(24,25)26)29-21(30)11-10-20(28-29)16-6-8-18(32-2)9-7-16/h3-11,14-15H,12-13H2,1-2H3,(H,27,31). The molecule has 0 aliphatic heterocycles. The molecule has 0 saturated carbocycles. The Hall–Kier alpha value is -3.82. The van der Waals surface area contributed by atoms with E-state index < -0.39 is 29.2 Å². The van der Waals surface area contributed by atoms with Gasteiger partial charge in [-0.3, -0.25) is 9.59 Å². The van der Waals surface area contributed by atoms with Crippen LogP contribution in [0.1, 0.15) is 18.5 Å². The Morgan fingerprint density at radius 1 is 1.09 bits per heavy atom. The lowest BCUT2D eigenvalue weighted by molar-refractivity contribution is -0.137. The summed E-state index contributed by atoms with van der Waals surface area (Å²) in [7, 11) is 1.55. The molecule has 33 heavy (non-hydrogen) atoms. The van der Waals surface area contributed by atoms with Crippen LogP contribution in [0.15, 0.2) is 65.5 Å². The summed E-state index contributed by atoms with van der Waals surface area (Å²) in [5.41, 5.74) is -0.0218. The third-order valence-electron chi connectivity index (χ3n) is 4.79. The number of methoxy groups -OCH3 is 1. The number of carbonyl (C=O) groups is 1. The molecule has 0 fully saturated rings. The number of benzene rings is 2. The molecule has 1 atom stereocenters. The Kier molecular flexibility index (Phi) is 7.37. The highest BCUT2D eigenvalue weighted by Gasteiger charge is 2.30. The predicted octanol–water partition coefficient (Wildman–Crippen LogP) is 3.69. The first-order chi connectivity index (χ1) is 15.7. The van der Waals surface area contributed by atoms with E-state index in [0.717, 1.165) is 22.4 Å². The van der Waals surface area contributed by atoms with Crippen molar-refractivity contribution in [2.45, 2.75) is 19.1 Å². The molecule has 0 bridgehead atoms. The first kappa shape index (κ1) is 23.8. The molecular formula is C23H22F3N3O4. The lowest BCUT2D eigenvalue weighted by Gasteiger charge is -2.15. The van der Waals surface area contributed by atoms with Gasteiger partial charge in [-0.25, -0.2) is 4.68 Å². The summed E-state index contributed by atoms with van der Waals surface area (Å²) in [6.07, 6.45) is -4.47. The van der Waals surface area contributed by atoms with E-state index in [9.17, 15) is 22.8 Å². The molecule has 174 valence electrons. The summed E-state index contributed by atoms with van der Waals surface area (Å²) >= 11 is 0. The number of hydrogen-bond acceptors (Lipinski definition) is 5. The van der Waals surface area contributed by atoms with Crippen molar-refractivity contribution < 1.29 is 27.4 Å². The molecule has 0 radical (unpaired) electrons. The fourth-order valence-corrected chi connectivity index (χ4v) is 2.98. The number of nitrogens with one attached hydrogen (secondary N) is 1. The van der Waals surface area contributed by atoms with Crippen LogP contribution in [0.3, 0.4) is 0 Å². The molecule has 3 rings (SSSR count). The largest absolute Gasteiger partial charge is 0.497 e. The summed E-state index contributed by atoms with van der Waals surface area (Å²) in [4.78, 5) is 24.8. The maximum Gasteiger partial charge on any atom is 0.416 e. The van der Waals surface area contributed by atoms with Gasteiger partial charge >= 0.3 is 6.18 Å². The van der Waals surface area contributed by atoms with Crippen LogP contribution < -0.4 is 20.3 Å². The van der Waals surface area contributed by atoms with Gasteiger partial charge < -0.3 is 14.8 Å². The van der Waals surface area contributed by atoms with Gasteiger partial charge in [0.05, 0.1) is 24.9 Å². The first-order valence-corrected chi connectivity index (χ1v) is 10.0. The van der Waals surface area contributed by atoms with Crippen molar-refractivity contribution in [3.63, 3.8) is 0 Å². The maximum absolute atomic E-state index is 12.8. The summed E-state index contributed by atoms with van der Waals surface area (Å²) in [6.45, 7) is 1.51. The number of amides is 1. The molecule has 1 heterocycles. The Labute approximate surface area is 187 Å². The Morgan fingerprint density at radius 3 is 2.48 bits per heavy atom. The van der Waals surface area contributed by atoms with E-state index in [1.807, 2.05) is 0 Å². The topological polar surface area (TPSA) is 82.5 Å². The van der Waals surface area contributed by atoms with Crippen LogP contribution in [0.4, 0.5) is 13.2 Å². The Bertz CT molecular complexity index is 1160. The monoisotopic (exact) mass is 461 g/mol. The summed E-state index contributed by atoms with van der Waals surface area (Å²) in [5, 5.41) is 6.89. The van der Waals surface area contributed by atoms with Crippen LogP contribution in [-0.4, -0.2) is 35.9 Å². The zero-order valence-corrected chi connectivity index (χ0v) is 17.9. The van der Waals surface area contributed by atoms with Crippen molar-refractivity contribution in [1.29, 1.82) is 0 Å². The van der Waals surface area contributed by atoms with E-state index in [0.29, 0.717) is 11.4 Å². The number of halogens is 3. The lowest BCUT2D eigenvalue weighted by Crippen LogP contribution is -2.38. The minimum absolute atomic E-state index is 0.0341. The lowest BCUT2D eigenvalue weighted by atomic mass is 10.1. The smallest absolute Gasteiger partial charge is 0.416 e. The Morgan fingerprint density at radius 2 is 1.82 bits per heavy atom. The van der Waals surface area contributed by atoms with E-state index in [-0.39, 0.29) is 18.9 Å². The second-order valence-electron chi connectivity index (χ2n) is 7.07. The fourth-order valence-electron chi connectivity index (χ4n) is 2.98. The van der Waals surface area contributed by atoms with Crippen molar-refractivity contribution in [2.75, 3.05) is 20.3 Å². The molecule has 1 amide bonds. The average Bonchev–Trinajstić information content (AvgIpc) is 2.81. The fraction of sp³-hybridized carbons (Fsp3) is 0.261. The molecule has 7 nitrogen and oxygen atoms in total. The molecule has 3 aromatic rings. The highest BCUT2D eigenvalue weighted by atomic mass is 19.4. The van der Waals surface area contributed by atoms with Crippen LogP contribution in [-0.2, 0) is 11.0 Å². The number of hydrogen-bond donors (Lipinski definition) is 1. The van der Waals surface area contributed by atoms with Crippen LogP contribution in [0.25, 0.3) is 11.3 Å². The van der Waals surface area contributed by atoms with Gasteiger partial charge in [0.25, 0.3) is 5.56 Å². The van der Waals surface area contributed by atoms with E-state index >= 15 is 0 Å².